The molecule has 1 saturated carbocycles. The molecular weight excluding hydrogens is 204 g/mol. The Labute approximate surface area is 99.2 Å². The Balaban J connectivity index is 2.21. The number of hydrogen-bond donors (Lipinski definition) is 2. The van der Waals surface area contributed by atoms with Crippen LogP contribution < -0.4 is 10.6 Å². The minimum atomic E-state index is 0.530. The molecule has 0 aromatic heterocycles. The molecule has 1 aliphatic rings. The van der Waals surface area contributed by atoms with Gasteiger partial charge in [-0.2, -0.15) is 0 Å². The average Bonchev–Trinajstić information content (AvgIpc) is 2.27. The molecule has 1 rings (SSSR count). The van der Waals surface area contributed by atoms with E-state index in [1.54, 1.807) is 0 Å². The van der Waals surface area contributed by atoms with Crippen molar-refractivity contribution < 1.29 is 0 Å². The smallest absolute Gasteiger partial charge is 0.166 e. The molecule has 1 fully saturated rings. The van der Waals surface area contributed by atoms with Crippen LogP contribution in [0.15, 0.2) is 0 Å². The Morgan fingerprint density at radius 3 is 2.60 bits per heavy atom. The maximum Gasteiger partial charge on any atom is 0.166 e. The van der Waals surface area contributed by atoms with Gasteiger partial charge in [0.25, 0.3) is 0 Å². The summed E-state index contributed by atoms with van der Waals surface area (Å²) in [6, 6.07) is 0.530. The lowest BCUT2D eigenvalue weighted by molar-refractivity contribution is 0.301. The van der Waals surface area contributed by atoms with E-state index in [0.717, 1.165) is 24.0 Å². The van der Waals surface area contributed by atoms with E-state index in [9.17, 15) is 0 Å². The van der Waals surface area contributed by atoms with Gasteiger partial charge >= 0.3 is 0 Å². The second kappa shape index (κ2) is 7.04. The van der Waals surface area contributed by atoms with Gasteiger partial charge in [0.05, 0.1) is 0 Å². The summed E-state index contributed by atoms with van der Waals surface area (Å²) in [6.07, 6.45) is 8.06. The standard InChI is InChI=1S/C12H24N2S/c1-3-9-13-12(15)14-10(2)11-7-5-4-6-8-11/h10-11H,3-9H2,1-2H3,(H2,13,14,15). The summed E-state index contributed by atoms with van der Waals surface area (Å²) in [5.41, 5.74) is 0. The van der Waals surface area contributed by atoms with Crippen molar-refractivity contribution in [1.29, 1.82) is 0 Å². The number of hydrogen-bond acceptors (Lipinski definition) is 1. The fourth-order valence-corrected chi connectivity index (χ4v) is 2.54. The van der Waals surface area contributed by atoms with Crippen LogP contribution in [0.1, 0.15) is 52.4 Å². The number of nitrogens with one attached hydrogen (secondary N) is 2. The van der Waals surface area contributed by atoms with Crippen molar-refractivity contribution in [3.8, 4) is 0 Å². The third kappa shape index (κ3) is 4.83. The molecule has 0 saturated heterocycles. The molecule has 0 aromatic rings. The summed E-state index contributed by atoms with van der Waals surface area (Å²) in [5, 5.41) is 7.46. The van der Waals surface area contributed by atoms with Crippen LogP contribution in [0.4, 0.5) is 0 Å². The predicted octanol–water partition coefficient (Wildman–Crippen LogP) is 2.83. The quantitative estimate of drug-likeness (QED) is 0.724. The van der Waals surface area contributed by atoms with E-state index in [-0.39, 0.29) is 0 Å². The lowest BCUT2D eigenvalue weighted by Crippen LogP contribution is -2.44. The van der Waals surface area contributed by atoms with Gasteiger partial charge in [0, 0.05) is 12.6 Å². The van der Waals surface area contributed by atoms with E-state index in [0.29, 0.717) is 6.04 Å². The SMILES string of the molecule is CCCNC(=S)NC(C)C1CCCCC1. The van der Waals surface area contributed by atoms with Gasteiger partial charge in [-0.3, -0.25) is 0 Å². The van der Waals surface area contributed by atoms with Crippen LogP contribution >= 0.6 is 12.2 Å². The molecule has 15 heavy (non-hydrogen) atoms. The van der Waals surface area contributed by atoms with Crippen molar-refractivity contribution in [2.75, 3.05) is 6.54 Å². The highest BCUT2D eigenvalue weighted by molar-refractivity contribution is 7.80. The van der Waals surface area contributed by atoms with Crippen LogP contribution in [0.3, 0.4) is 0 Å². The van der Waals surface area contributed by atoms with Gasteiger partial charge < -0.3 is 10.6 Å². The van der Waals surface area contributed by atoms with Gasteiger partial charge in [-0.25, -0.2) is 0 Å². The molecule has 1 atom stereocenters. The van der Waals surface area contributed by atoms with Crippen molar-refractivity contribution in [2.45, 2.75) is 58.4 Å². The summed E-state index contributed by atoms with van der Waals surface area (Å²) in [6.45, 7) is 5.39. The first kappa shape index (κ1) is 12.8. The summed E-state index contributed by atoms with van der Waals surface area (Å²) in [4.78, 5) is 0. The van der Waals surface area contributed by atoms with Crippen molar-refractivity contribution in [1.82, 2.24) is 10.6 Å². The molecule has 0 spiro atoms. The molecular formula is C12H24N2S. The maximum atomic E-state index is 5.24. The normalized spacial score (nSPS) is 19.6. The summed E-state index contributed by atoms with van der Waals surface area (Å²) in [7, 11) is 0. The van der Waals surface area contributed by atoms with Gasteiger partial charge in [-0.15, -0.1) is 0 Å². The lowest BCUT2D eigenvalue weighted by Gasteiger charge is -2.29. The van der Waals surface area contributed by atoms with E-state index >= 15 is 0 Å². The van der Waals surface area contributed by atoms with E-state index in [4.69, 9.17) is 12.2 Å². The third-order valence-electron chi connectivity index (χ3n) is 3.25. The highest BCUT2D eigenvalue weighted by Crippen LogP contribution is 2.26. The first-order valence-corrected chi connectivity index (χ1v) is 6.69. The van der Waals surface area contributed by atoms with Crippen molar-refractivity contribution in [2.24, 2.45) is 5.92 Å². The van der Waals surface area contributed by atoms with Gasteiger partial charge in [0.15, 0.2) is 5.11 Å². The second-order valence-electron chi connectivity index (χ2n) is 4.59. The molecule has 2 N–H and O–H groups in total. The molecule has 0 radical (unpaired) electrons. The molecule has 0 amide bonds. The minimum absolute atomic E-state index is 0.530. The zero-order valence-corrected chi connectivity index (χ0v) is 10.8. The first-order chi connectivity index (χ1) is 7.24. The maximum absolute atomic E-state index is 5.24. The molecule has 1 aliphatic carbocycles. The van der Waals surface area contributed by atoms with Crippen molar-refractivity contribution in [3.05, 3.63) is 0 Å². The fourth-order valence-electron chi connectivity index (χ4n) is 2.25. The van der Waals surface area contributed by atoms with Crippen molar-refractivity contribution >= 4 is 17.3 Å². The largest absolute Gasteiger partial charge is 0.363 e. The minimum Gasteiger partial charge on any atom is -0.363 e. The highest BCUT2D eigenvalue weighted by Gasteiger charge is 2.20. The Morgan fingerprint density at radius 2 is 2.00 bits per heavy atom. The topological polar surface area (TPSA) is 24.1 Å². The van der Waals surface area contributed by atoms with Gasteiger partial charge in [0.1, 0.15) is 0 Å². The number of rotatable bonds is 4. The lowest BCUT2D eigenvalue weighted by atomic mass is 9.85. The zero-order valence-electron chi connectivity index (χ0n) is 10.0. The summed E-state index contributed by atoms with van der Waals surface area (Å²) < 4.78 is 0. The summed E-state index contributed by atoms with van der Waals surface area (Å²) in [5.74, 6) is 0.820. The first-order valence-electron chi connectivity index (χ1n) is 6.28. The fraction of sp³-hybridized carbons (Fsp3) is 0.917. The van der Waals surface area contributed by atoms with Gasteiger partial charge in [0.2, 0.25) is 0 Å². The Hall–Kier alpha value is -0.310. The molecule has 0 heterocycles. The van der Waals surface area contributed by atoms with E-state index in [2.05, 4.69) is 24.5 Å². The highest BCUT2D eigenvalue weighted by atomic mass is 32.1. The van der Waals surface area contributed by atoms with Crippen LogP contribution in [0, 0.1) is 5.92 Å². The van der Waals surface area contributed by atoms with Gasteiger partial charge in [-0.05, 0) is 44.3 Å². The zero-order chi connectivity index (χ0) is 11.1. The van der Waals surface area contributed by atoms with Crippen LogP contribution in [0.5, 0.6) is 0 Å². The Kier molecular flexibility index (Phi) is 5.99. The summed E-state index contributed by atoms with van der Waals surface area (Å²) >= 11 is 5.24. The molecule has 0 aromatic carbocycles. The molecule has 3 heteroatoms. The molecule has 0 aliphatic heterocycles. The predicted molar refractivity (Wildman–Crippen MR) is 70.1 cm³/mol. The monoisotopic (exact) mass is 228 g/mol. The Bertz CT molecular complexity index is 188. The molecule has 0 bridgehead atoms. The van der Waals surface area contributed by atoms with Crippen molar-refractivity contribution in [3.63, 3.8) is 0 Å². The Morgan fingerprint density at radius 1 is 1.33 bits per heavy atom. The van der Waals surface area contributed by atoms with Crippen LogP contribution in [-0.2, 0) is 0 Å². The van der Waals surface area contributed by atoms with E-state index < -0.39 is 0 Å². The number of thiocarbonyl (C=S) groups is 1. The molecule has 2 nitrogen and oxygen atoms in total. The van der Waals surface area contributed by atoms with E-state index in [1.807, 2.05) is 0 Å². The van der Waals surface area contributed by atoms with Crippen LogP contribution in [-0.4, -0.2) is 17.7 Å². The molecule has 1 unspecified atom stereocenters. The van der Waals surface area contributed by atoms with E-state index in [1.165, 1.54) is 32.1 Å². The molecule has 88 valence electrons. The second-order valence-corrected chi connectivity index (χ2v) is 5.00. The third-order valence-corrected chi connectivity index (χ3v) is 3.51. The van der Waals surface area contributed by atoms with Crippen LogP contribution in [0.25, 0.3) is 0 Å². The van der Waals surface area contributed by atoms with Gasteiger partial charge in [-0.1, -0.05) is 26.2 Å². The van der Waals surface area contributed by atoms with Crippen LogP contribution in [0.2, 0.25) is 0 Å². The average molecular weight is 228 g/mol.